The monoisotopic (exact) mass is 321 g/mol. The van der Waals surface area contributed by atoms with Crippen molar-refractivity contribution >= 4 is 17.6 Å². The molecular formula is C16H19NO6. The van der Waals surface area contributed by atoms with Gasteiger partial charge in [-0.15, -0.1) is 0 Å². The molecule has 23 heavy (non-hydrogen) atoms. The van der Waals surface area contributed by atoms with Crippen molar-refractivity contribution in [2.75, 3.05) is 19.5 Å². The van der Waals surface area contributed by atoms with E-state index in [-0.39, 0.29) is 18.1 Å². The molecule has 4 atom stereocenters. The Morgan fingerprint density at radius 3 is 2.39 bits per heavy atom. The van der Waals surface area contributed by atoms with Crippen molar-refractivity contribution < 1.29 is 28.9 Å². The molecule has 2 heterocycles. The Morgan fingerprint density at radius 1 is 1.13 bits per heavy atom. The van der Waals surface area contributed by atoms with Crippen LogP contribution in [-0.4, -0.2) is 43.4 Å². The van der Waals surface area contributed by atoms with E-state index in [2.05, 4.69) is 5.32 Å². The number of nitrogens with one attached hydrogen (secondary N) is 1. The predicted octanol–water partition coefficient (Wildman–Crippen LogP) is 1.52. The van der Waals surface area contributed by atoms with E-state index in [1.807, 2.05) is 0 Å². The number of aliphatic carboxylic acids is 1. The van der Waals surface area contributed by atoms with E-state index < -0.39 is 17.8 Å². The van der Waals surface area contributed by atoms with Crippen LogP contribution < -0.4 is 14.8 Å². The lowest BCUT2D eigenvalue weighted by Gasteiger charge is -2.24. The number of amides is 1. The molecule has 2 saturated heterocycles. The number of methoxy groups -OCH3 is 2. The molecule has 1 aromatic rings. The quantitative estimate of drug-likeness (QED) is 0.854. The van der Waals surface area contributed by atoms with Crippen LogP contribution in [0.4, 0.5) is 5.69 Å². The molecule has 2 aliphatic heterocycles. The third-order valence-electron chi connectivity index (χ3n) is 4.51. The fraction of sp³-hybridized carbons (Fsp3) is 0.500. The zero-order valence-electron chi connectivity index (χ0n) is 12.9. The van der Waals surface area contributed by atoms with Crippen molar-refractivity contribution in [1.82, 2.24) is 0 Å². The van der Waals surface area contributed by atoms with Gasteiger partial charge in [0.1, 0.15) is 0 Å². The first kappa shape index (κ1) is 15.6. The van der Waals surface area contributed by atoms with Gasteiger partial charge in [-0.05, 0) is 25.0 Å². The van der Waals surface area contributed by atoms with Crippen molar-refractivity contribution in [3.63, 3.8) is 0 Å². The van der Waals surface area contributed by atoms with Crippen molar-refractivity contribution in [3.8, 4) is 11.5 Å². The van der Waals surface area contributed by atoms with Crippen LogP contribution in [0.3, 0.4) is 0 Å². The van der Waals surface area contributed by atoms with Gasteiger partial charge in [0.2, 0.25) is 5.91 Å². The van der Waals surface area contributed by atoms with Crippen LogP contribution in [0, 0.1) is 11.8 Å². The van der Waals surface area contributed by atoms with Gasteiger partial charge in [-0.1, -0.05) is 0 Å². The summed E-state index contributed by atoms with van der Waals surface area (Å²) in [5.74, 6) is -1.73. The molecule has 7 nitrogen and oxygen atoms in total. The zero-order valence-corrected chi connectivity index (χ0v) is 12.9. The molecular weight excluding hydrogens is 302 g/mol. The first-order valence-electron chi connectivity index (χ1n) is 7.46. The number of anilines is 1. The molecule has 0 unspecified atom stereocenters. The summed E-state index contributed by atoms with van der Waals surface area (Å²) >= 11 is 0. The molecule has 7 heteroatoms. The third-order valence-corrected chi connectivity index (χ3v) is 4.51. The van der Waals surface area contributed by atoms with Crippen molar-refractivity contribution in [3.05, 3.63) is 18.2 Å². The van der Waals surface area contributed by atoms with E-state index in [4.69, 9.17) is 14.2 Å². The molecule has 0 aliphatic carbocycles. The smallest absolute Gasteiger partial charge is 0.310 e. The topological polar surface area (TPSA) is 94.1 Å². The lowest BCUT2D eigenvalue weighted by atomic mass is 9.78. The molecule has 0 radical (unpaired) electrons. The second kappa shape index (κ2) is 6.08. The van der Waals surface area contributed by atoms with Gasteiger partial charge in [0.15, 0.2) is 11.5 Å². The fourth-order valence-electron chi connectivity index (χ4n) is 3.46. The Bertz CT molecular complexity index is 631. The second-order valence-corrected chi connectivity index (χ2v) is 5.74. The number of ether oxygens (including phenoxy) is 3. The van der Waals surface area contributed by atoms with Crippen LogP contribution in [0.15, 0.2) is 18.2 Å². The summed E-state index contributed by atoms with van der Waals surface area (Å²) in [6.07, 6.45) is 0.736. The van der Waals surface area contributed by atoms with Crippen LogP contribution >= 0.6 is 0 Å². The number of hydrogen-bond acceptors (Lipinski definition) is 5. The highest BCUT2D eigenvalue weighted by molar-refractivity contribution is 5.96. The van der Waals surface area contributed by atoms with E-state index in [0.29, 0.717) is 23.6 Å². The van der Waals surface area contributed by atoms with Crippen molar-refractivity contribution in [2.45, 2.75) is 25.0 Å². The Balaban J connectivity index is 1.78. The Kier molecular flexibility index (Phi) is 4.12. The highest BCUT2D eigenvalue weighted by Crippen LogP contribution is 2.44. The molecule has 0 aromatic heterocycles. The van der Waals surface area contributed by atoms with E-state index in [1.54, 1.807) is 18.2 Å². The van der Waals surface area contributed by atoms with E-state index >= 15 is 0 Å². The molecule has 2 fully saturated rings. The van der Waals surface area contributed by atoms with Crippen molar-refractivity contribution in [1.29, 1.82) is 0 Å². The van der Waals surface area contributed by atoms with Gasteiger partial charge in [-0.25, -0.2) is 0 Å². The largest absolute Gasteiger partial charge is 0.493 e. The minimum atomic E-state index is -0.982. The second-order valence-electron chi connectivity index (χ2n) is 5.74. The van der Waals surface area contributed by atoms with Crippen LogP contribution in [0.1, 0.15) is 12.8 Å². The highest BCUT2D eigenvalue weighted by atomic mass is 16.5. The molecule has 2 N–H and O–H groups in total. The maximum atomic E-state index is 12.5. The number of fused-ring (bicyclic) bond motifs is 2. The van der Waals surface area contributed by atoms with E-state index in [9.17, 15) is 14.7 Å². The Labute approximate surface area is 133 Å². The highest BCUT2D eigenvalue weighted by Gasteiger charge is 2.55. The fourth-order valence-corrected chi connectivity index (χ4v) is 3.46. The predicted molar refractivity (Wildman–Crippen MR) is 80.7 cm³/mol. The first-order valence-corrected chi connectivity index (χ1v) is 7.46. The molecule has 1 amide bonds. The summed E-state index contributed by atoms with van der Waals surface area (Å²) in [5.41, 5.74) is 0.527. The third kappa shape index (κ3) is 2.72. The molecule has 2 aliphatic rings. The summed E-state index contributed by atoms with van der Waals surface area (Å²) in [4.78, 5) is 24.0. The van der Waals surface area contributed by atoms with Gasteiger partial charge in [-0.2, -0.15) is 0 Å². The van der Waals surface area contributed by atoms with Gasteiger partial charge in [0.05, 0.1) is 38.3 Å². The van der Waals surface area contributed by atoms with Gasteiger partial charge in [-0.3, -0.25) is 9.59 Å². The summed E-state index contributed by atoms with van der Waals surface area (Å²) < 4.78 is 16.0. The summed E-state index contributed by atoms with van der Waals surface area (Å²) in [7, 11) is 3.04. The van der Waals surface area contributed by atoms with Crippen LogP contribution in [0.2, 0.25) is 0 Å². The first-order chi connectivity index (χ1) is 11.0. The molecule has 3 rings (SSSR count). The maximum Gasteiger partial charge on any atom is 0.310 e. The van der Waals surface area contributed by atoms with Gasteiger partial charge >= 0.3 is 5.97 Å². The maximum absolute atomic E-state index is 12.5. The number of carbonyl (C=O) groups excluding carboxylic acids is 1. The average Bonchev–Trinajstić information content (AvgIpc) is 3.15. The lowest BCUT2D eigenvalue weighted by molar-refractivity contribution is -0.147. The van der Waals surface area contributed by atoms with E-state index in [1.165, 1.54) is 14.2 Å². The summed E-state index contributed by atoms with van der Waals surface area (Å²) in [6.45, 7) is 0. The normalized spacial score (nSPS) is 28.4. The number of benzene rings is 1. The molecule has 2 bridgehead atoms. The Hall–Kier alpha value is -2.28. The molecule has 0 spiro atoms. The van der Waals surface area contributed by atoms with Crippen molar-refractivity contribution in [2.24, 2.45) is 11.8 Å². The number of rotatable bonds is 5. The average molecular weight is 321 g/mol. The standard InChI is InChI=1S/C16H19NO6/c1-21-9-4-3-8(7-12(9)22-2)17-15(18)13-10-5-6-11(23-10)14(13)16(19)20/h3-4,7,10-11,13-14H,5-6H2,1-2H3,(H,17,18)(H,19,20)/t10-,11-,13-,14-/m1/s1. The van der Waals surface area contributed by atoms with Gasteiger partial charge < -0.3 is 24.6 Å². The zero-order chi connectivity index (χ0) is 16.6. The molecule has 1 aromatic carbocycles. The SMILES string of the molecule is COc1ccc(NC(=O)[C@H]2[C@H](C(=O)O)[C@H]3CC[C@H]2O3)cc1OC. The van der Waals surface area contributed by atoms with Crippen LogP contribution in [-0.2, 0) is 14.3 Å². The van der Waals surface area contributed by atoms with Gasteiger partial charge in [0.25, 0.3) is 0 Å². The number of carboxylic acids is 1. The number of carbonyl (C=O) groups is 2. The van der Waals surface area contributed by atoms with E-state index in [0.717, 1.165) is 6.42 Å². The lowest BCUT2D eigenvalue weighted by Crippen LogP contribution is -2.40. The summed E-state index contributed by atoms with van der Waals surface area (Å²) in [6, 6.07) is 5.00. The van der Waals surface area contributed by atoms with Crippen LogP contribution in [0.5, 0.6) is 11.5 Å². The minimum Gasteiger partial charge on any atom is -0.493 e. The number of hydrogen-bond donors (Lipinski definition) is 2. The Morgan fingerprint density at radius 2 is 1.78 bits per heavy atom. The summed E-state index contributed by atoms with van der Waals surface area (Å²) in [5, 5.41) is 12.1. The number of carboxylic acid groups (broad SMARTS) is 1. The minimum absolute atomic E-state index is 0.318. The van der Waals surface area contributed by atoms with Gasteiger partial charge in [0, 0.05) is 11.8 Å². The van der Waals surface area contributed by atoms with Crippen LogP contribution in [0.25, 0.3) is 0 Å². The molecule has 124 valence electrons. The molecule has 0 saturated carbocycles.